The molecule has 2 heteroatoms. The molecule has 0 aliphatic heterocycles. The first-order chi connectivity index (χ1) is 12.7. The van der Waals surface area contributed by atoms with Crippen molar-refractivity contribution in [2.45, 2.75) is 152 Å². The van der Waals surface area contributed by atoms with Gasteiger partial charge < -0.3 is 0 Å². The summed E-state index contributed by atoms with van der Waals surface area (Å²) >= 11 is -2.58. The quantitative estimate of drug-likeness (QED) is 0.131. The van der Waals surface area contributed by atoms with E-state index in [-0.39, 0.29) is 0 Å². The first-order valence-corrected chi connectivity index (χ1v) is 17.0. The molecule has 0 fully saturated rings. The number of unbranched alkanes of at least 4 members (excludes halogenated alkanes) is 15. The van der Waals surface area contributed by atoms with E-state index in [2.05, 4.69) is 20.8 Å². The monoisotopic (exact) mass is 430 g/mol. The van der Waals surface area contributed by atoms with Gasteiger partial charge in [-0.15, -0.1) is 0 Å². The molecule has 1 nitrogen and oxygen atoms in total. The van der Waals surface area contributed by atoms with E-state index in [0.717, 1.165) is 15.6 Å². The number of hydrogen-bond acceptors (Lipinski definition) is 1. The molecule has 0 aromatic carbocycles. The minimum atomic E-state index is -2.58. The van der Waals surface area contributed by atoms with Gasteiger partial charge in [-0.2, -0.15) is 0 Å². The Labute approximate surface area is 169 Å². The van der Waals surface area contributed by atoms with E-state index >= 15 is 0 Å². The molecule has 0 saturated carbocycles. The van der Waals surface area contributed by atoms with Crippen LogP contribution in [0.1, 0.15) is 136 Å². The molecule has 158 valence electrons. The molecular formula is C24H51AsO. The van der Waals surface area contributed by atoms with Crippen molar-refractivity contribution < 1.29 is 3.74 Å². The summed E-state index contributed by atoms with van der Waals surface area (Å²) in [5.74, 6) is 0. The Morgan fingerprint density at radius 3 is 0.885 bits per heavy atom. The third kappa shape index (κ3) is 17.8. The van der Waals surface area contributed by atoms with Crippen LogP contribution < -0.4 is 0 Å². The van der Waals surface area contributed by atoms with Gasteiger partial charge in [0.05, 0.1) is 0 Å². The summed E-state index contributed by atoms with van der Waals surface area (Å²) in [5, 5.41) is 3.32. The first-order valence-electron chi connectivity index (χ1n) is 12.3. The van der Waals surface area contributed by atoms with Gasteiger partial charge in [0, 0.05) is 0 Å². The summed E-state index contributed by atoms with van der Waals surface area (Å²) in [4.78, 5) is 0. The van der Waals surface area contributed by atoms with Crippen LogP contribution in [0.3, 0.4) is 0 Å². The van der Waals surface area contributed by atoms with Crippen LogP contribution in [0.15, 0.2) is 0 Å². The summed E-state index contributed by atoms with van der Waals surface area (Å²) in [7, 11) is 0. The maximum absolute atomic E-state index is 13.5. The van der Waals surface area contributed by atoms with Crippen LogP contribution in [0.2, 0.25) is 15.6 Å². The second kappa shape index (κ2) is 20.1. The predicted molar refractivity (Wildman–Crippen MR) is 121 cm³/mol. The molecule has 0 saturated heterocycles. The van der Waals surface area contributed by atoms with E-state index in [0.29, 0.717) is 0 Å². The molecule has 0 aromatic heterocycles. The van der Waals surface area contributed by atoms with E-state index in [9.17, 15) is 3.74 Å². The van der Waals surface area contributed by atoms with Crippen LogP contribution in [0, 0.1) is 0 Å². The van der Waals surface area contributed by atoms with E-state index in [1.807, 2.05) is 0 Å². The molecule has 0 bridgehead atoms. The Balaban J connectivity index is 4.04. The van der Waals surface area contributed by atoms with Gasteiger partial charge in [0.15, 0.2) is 0 Å². The third-order valence-electron chi connectivity index (χ3n) is 5.76. The van der Waals surface area contributed by atoms with Crippen molar-refractivity contribution in [1.82, 2.24) is 0 Å². The molecule has 26 heavy (non-hydrogen) atoms. The molecule has 0 radical (unpaired) electrons. The summed E-state index contributed by atoms with van der Waals surface area (Å²) in [6.07, 6.45) is 24.0. The van der Waals surface area contributed by atoms with Gasteiger partial charge in [0.2, 0.25) is 0 Å². The molecule has 0 aliphatic rings. The van der Waals surface area contributed by atoms with Crippen LogP contribution in [-0.4, -0.2) is 13.5 Å². The maximum atomic E-state index is 13.5. The molecule has 0 aliphatic carbocycles. The zero-order valence-electron chi connectivity index (χ0n) is 18.7. The number of rotatable bonds is 21. The van der Waals surface area contributed by atoms with Crippen molar-refractivity contribution in [3.63, 3.8) is 0 Å². The third-order valence-corrected chi connectivity index (χ3v) is 12.9. The van der Waals surface area contributed by atoms with Gasteiger partial charge in [0.1, 0.15) is 0 Å². The van der Waals surface area contributed by atoms with Gasteiger partial charge in [-0.1, -0.05) is 0 Å². The fourth-order valence-corrected chi connectivity index (χ4v) is 10.3. The molecular weight excluding hydrogens is 379 g/mol. The predicted octanol–water partition coefficient (Wildman–Crippen LogP) is 9.44. The van der Waals surface area contributed by atoms with Crippen molar-refractivity contribution in [2.75, 3.05) is 0 Å². The van der Waals surface area contributed by atoms with Gasteiger partial charge in [-0.25, -0.2) is 0 Å². The summed E-state index contributed by atoms with van der Waals surface area (Å²) in [6.45, 7) is 6.83. The Morgan fingerprint density at radius 2 is 0.615 bits per heavy atom. The second-order valence-corrected chi connectivity index (χ2v) is 15.8. The van der Waals surface area contributed by atoms with Crippen LogP contribution in [0.25, 0.3) is 0 Å². The van der Waals surface area contributed by atoms with Crippen molar-refractivity contribution in [3.8, 4) is 0 Å². The fraction of sp³-hybridized carbons (Fsp3) is 1.00. The van der Waals surface area contributed by atoms with Crippen molar-refractivity contribution in [1.29, 1.82) is 0 Å². The summed E-state index contributed by atoms with van der Waals surface area (Å²) in [5.41, 5.74) is 0. The normalized spacial score (nSPS) is 12.0. The summed E-state index contributed by atoms with van der Waals surface area (Å²) in [6, 6.07) is 0. The summed E-state index contributed by atoms with van der Waals surface area (Å²) < 4.78 is 13.5. The van der Waals surface area contributed by atoms with Gasteiger partial charge in [-0.05, 0) is 0 Å². The molecule has 0 aromatic rings. The average Bonchev–Trinajstić information content (AvgIpc) is 2.64. The molecule has 0 rings (SSSR count). The molecule has 0 amide bonds. The van der Waals surface area contributed by atoms with E-state index in [1.165, 1.54) is 116 Å². The van der Waals surface area contributed by atoms with Crippen LogP contribution in [0.5, 0.6) is 0 Å². The Morgan fingerprint density at radius 1 is 0.385 bits per heavy atom. The fourth-order valence-electron chi connectivity index (χ4n) is 3.88. The molecule has 0 unspecified atom stereocenters. The minimum absolute atomic E-state index is 1.11. The Hall–Kier alpha value is 0.358. The van der Waals surface area contributed by atoms with E-state index in [1.54, 1.807) is 0 Å². The Bertz CT molecular complexity index is 266. The Kier molecular flexibility index (Phi) is 20.4. The van der Waals surface area contributed by atoms with Gasteiger partial charge >= 0.3 is 169 Å². The zero-order valence-corrected chi connectivity index (χ0v) is 20.6. The van der Waals surface area contributed by atoms with E-state index in [4.69, 9.17) is 0 Å². The topological polar surface area (TPSA) is 17.1 Å². The van der Waals surface area contributed by atoms with Crippen molar-refractivity contribution >= 4 is 13.5 Å². The molecule has 0 heterocycles. The van der Waals surface area contributed by atoms with Crippen LogP contribution in [-0.2, 0) is 3.74 Å². The van der Waals surface area contributed by atoms with Crippen molar-refractivity contribution in [2.24, 2.45) is 0 Å². The standard InChI is InChI=1S/C24H51AsO/c1-4-7-10-13-16-19-22-25(26,23-20-17-14-11-8-5-2)24-21-18-15-12-9-6-3/h4-24H2,1-3H3. The SMILES string of the molecule is CCCCCCCC[As](=O)(CCCCCCCC)CCCCCCCC. The van der Waals surface area contributed by atoms with Gasteiger partial charge in [0.25, 0.3) is 0 Å². The first kappa shape index (κ1) is 26.4. The molecule has 0 N–H and O–H groups in total. The van der Waals surface area contributed by atoms with E-state index < -0.39 is 13.5 Å². The van der Waals surface area contributed by atoms with Crippen molar-refractivity contribution in [3.05, 3.63) is 0 Å². The molecule has 0 atom stereocenters. The number of hydrogen-bond donors (Lipinski definition) is 0. The second-order valence-electron chi connectivity index (χ2n) is 8.53. The average molecular weight is 431 g/mol. The van der Waals surface area contributed by atoms with Crippen LogP contribution >= 0.6 is 0 Å². The molecule has 0 spiro atoms. The zero-order chi connectivity index (χ0) is 19.3. The van der Waals surface area contributed by atoms with Crippen LogP contribution in [0.4, 0.5) is 0 Å². The van der Waals surface area contributed by atoms with Gasteiger partial charge in [-0.3, -0.25) is 0 Å².